The van der Waals surface area contributed by atoms with Crippen LogP contribution in [0.2, 0.25) is 0 Å². The van der Waals surface area contributed by atoms with Crippen LogP contribution in [0.1, 0.15) is 16.7 Å². The van der Waals surface area contributed by atoms with Gasteiger partial charge in [0.25, 0.3) is 0 Å². The van der Waals surface area contributed by atoms with Crippen LogP contribution < -0.4 is 0 Å². The summed E-state index contributed by atoms with van der Waals surface area (Å²) in [6.07, 6.45) is 3.17. The Kier molecular flexibility index (Phi) is 8.67. The molecule has 10 aromatic rings. The van der Waals surface area contributed by atoms with Crippen molar-refractivity contribution in [2.75, 3.05) is 0 Å². The molecular formula is C55H39N. The van der Waals surface area contributed by atoms with E-state index in [1.165, 1.54) is 88.2 Å². The number of aromatic nitrogens is 1. The molecule has 1 heteroatoms. The Morgan fingerprint density at radius 1 is 0.375 bits per heavy atom. The first kappa shape index (κ1) is 33.4. The van der Waals surface area contributed by atoms with Gasteiger partial charge in [0.1, 0.15) is 0 Å². The van der Waals surface area contributed by atoms with E-state index in [0.717, 1.165) is 12.1 Å². The van der Waals surface area contributed by atoms with Gasteiger partial charge in [-0.25, -0.2) is 0 Å². The van der Waals surface area contributed by atoms with Crippen LogP contribution in [-0.2, 0) is 6.42 Å². The Morgan fingerprint density at radius 2 is 0.875 bits per heavy atom. The summed E-state index contributed by atoms with van der Waals surface area (Å²) in [6, 6.07) is 79.2. The molecule has 56 heavy (non-hydrogen) atoms. The van der Waals surface area contributed by atoms with Crippen molar-refractivity contribution in [3.05, 3.63) is 235 Å². The molecule has 1 nitrogen and oxygen atoms in total. The van der Waals surface area contributed by atoms with Gasteiger partial charge in [0, 0.05) is 16.5 Å². The first-order valence-corrected chi connectivity index (χ1v) is 19.4. The van der Waals surface area contributed by atoms with E-state index in [-0.39, 0.29) is 0 Å². The molecule has 0 aliphatic rings. The number of benzene rings is 9. The molecule has 264 valence electrons. The van der Waals surface area contributed by atoms with Crippen LogP contribution in [0, 0.1) is 0 Å². The Hall–Kier alpha value is -7.22. The zero-order valence-electron chi connectivity index (χ0n) is 31.0. The van der Waals surface area contributed by atoms with Crippen LogP contribution in [0.15, 0.2) is 218 Å². The lowest BCUT2D eigenvalue weighted by molar-refractivity contribution is 1.18. The lowest BCUT2D eigenvalue weighted by Gasteiger charge is -2.12. The second-order valence-corrected chi connectivity index (χ2v) is 14.6. The third kappa shape index (κ3) is 6.40. The summed E-state index contributed by atoms with van der Waals surface area (Å²) in [7, 11) is 0. The second kappa shape index (κ2) is 14.5. The first-order chi connectivity index (χ1) is 27.7. The maximum atomic E-state index is 2.40. The molecule has 1 heterocycles. The topological polar surface area (TPSA) is 4.93 Å². The zero-order chi connectivity index (χ0) is 37.3. The highest BCUT2D eigenvalue weighted by atomic mass is 15.0. The molecule has 0 bridgehead atoms. The fraction of sp³-hybridized carbons (Fsp3) is 0.0182. The molecule has 0 radical (unpaired) electrons. The third-order valence-electron chi connectivity index (χ3n) is 11.1. The smallest absolute Gasteiger partial charge is 0.0547 e. The Bertz CT molecular complexity index is 2970. The summed E-state index contributed by atoms with van der Waals surface area (Å²) >= 11 is 0. The molecule has 0 saturated carbocycles. The molecule has 9 aromatic carbocycles. The minimum atomic E-state index is 0.826. The van der Waals surface area contributed by atoms with Crippen LogP contribution in [-0.4, -0.2) is 4.57 Å². The normalized spacial score (nSPS) is 11.8. The van der Waals surface area contributed by atoms with Gasteiger partial charge in [0.2, 0.25) is 0 Å². The average molecular weight is 714 g/mol. The van der Waals surface area contributed by atoms with Crippen molar-refractivity contribution in [1.82, 2.24) is 4.57 Å². The minimum absolute atomic E-state index is 0.826. The van der Waals surface area contributed by atoms with E-state index in [4.69, 9.17) is 0 Å². The summed E-state index contributed by atoms with van der Waals surface area (Å²) in [5, 5.41) is 5.15. The fourth-order valence-corrected chi connectivity index (χ4v) is 8.20. The van der Waals surface area contributed by atoms with Gasteiger partial charge >= 0.3 is 0 Å². The van der Waals surface area contributed by atoms with E-state index in [1.807, 2.05) is 0 Å². The maximum Gasteiger partial charge on any atom is 0.0547 e. The quantitative estimate of drug-likeness (QED) is 0.138. The van der Waals surface area contributed by atoms with Crippen molar-refractivity contribution < 1.29 is 0 Å². The number of fused-ring (bicyclic) bond motifs is 5. The van der Waals surface area contributed by atoms with Gasteiger partial charge in [0.15, 0.2) is 0 Å². The summed E-state index contributed by atoms with van der Waals surface area (Å²) in [4.78, 5) is 0. The van der Waals surface area contributed by atoms with Crippen molar-refractivity contribution in [3.8, 4) is 39.1 Å². The van der Waals surface area contributed by atoms with Crippen molar-refractivity contribution >= 4 is 44.2 Å². The fourth-order valence-electron chi connectivity index (χ4n) is 8.20. The number of hydrogen-bond donors (Lipinski definition) is 0. The molecule has 0 atom stereocenters. The van der Waals surface area contributed by atoms with Crippen LogP contribution in [0.3, 0.4) is 0 Å². The molecule has 10 rings (SSSR count). The average Bonchev–Trinajstić information content (AvgIpc) is 3.62. The summed E-state index contributed by atoms with van der Waals surface area (Å²) < 4.78 is 2.40. The highest BCUT2D eigenvalue weighted by Gasteiger charge is 2.15. The Morgan fingerprint density at radius 3 is 1.52 bits per heavy atom. The lowest BCUT2D eigenvalue weighted by Crippen LogP contribution is -1.94. The van der Waals surface area contributed by atoms with Crippen LogP contribution in [0.5, 0.6) is 0 Å². The molecular weight excluding hydrogens is 675 g/mol. The molecule has 0 unspecified atom stereocenters. The van der Waals surface area contributed by atoms with E-state index in [1.54, 1.807) is 0 Å². The number of para-hydroxylation sites is 1. The number of allylic oxidation sites excluding steroid dienone is 1. The van der Waals surface area contributed by atoms with Crippen molar-refractivity contribution in [2.24, 2.45) is 0 Å². The van der Waals surface area contributed by atoms with Gasteiger partial charge in [-0.05, 0) is 97.1 Å². The van der Waals surface area contributed by atoms with E-state index in [2.05, 4.69) is 229 Å². The maximum absolute atomic E-state index is 2.40. The van der Waals surface area contributed by atoms with Crippen molar-refractivity contribution in [3.63, 3.8) is 0 Å². The Balaban J connectivity index is 0.947. The number of hydrogen-bond acceptors (Lipinski definition) is 0. The highest BCUT2D eigenvalue weighted by molar-refractivity contribution is 6.21. The van der Waals surface area contributed by atoms with Gasteiger partial charge in [-0.1, -0.05) is 200 Å². The van der Waals surface area contributed by atoms with Gasteiger partial charge in [-0.2, -0.15) is 0 Å². The molecule has 0 N–H and O–H groups in total. The monoisotopic (exact) mass is 713 g/mol. The van der Waals surface area contributed by atoms with Gasteiger partial charge < -0.3 is 4.57 Å². The van der Waals surface area contributed by atoms with Crippen molar-refractivity contribution in [2.45, 2.75) is 6.42 Å². The highest BCUT2D eigenvalue weighted by Crippen LogP contribution is 2.37. The van der Waals surface area contributed by atoms with E-state index >= 15 is 0 Å². The standard InChI is InChI=1S/C55H39N/c1-3-11-41(12-4-1)43-23-19-39(20-24-43)37-49(47-29-27-45(28-30-47)42-13-5-2-6-14-42)38-40-21-25-44(26-22-40)46-31-34-50(35-32-46)56-53-18-10-9-17-52(53)55-51-16-8-7-15-48(51)33-36-54(55)56/h1-37H,38H2/b49-37-. The number of nitrogens with zero attached hydrogens (tertiary/aromatic N) is 1. The van der Waals surface area contributed by atoms with Crippen LogP contribution in [0.4, 0.5) is 0 Å². The Labute approximate surface area is 328 Å². The van der Waals surface area contributed by atoms with Gasteiger partial charge in [-0.3, -0.25) is 0 Å². The van der Waals surface area contributed by atoms with Crippen molar-refractivity contribution in [1.29, 1.82) is 0 Å². The largest absolute Gasteiger partial charge is 0.309 e. The lowest BCUT2D eigenvalue weighted by atomic mass is 9.93. The van der Waals surface area contributed by atoms with Crippen LogP contribution >= 0.6 is 0 Å². The summed E-state index contributed by atoms with van der Waals surface area (Å²) in [5.74, 6) is 0. The molecule has 0 fully saturated rings. The predicted molar refractivity (Wildman–Crippen MR) is 239 cm³/mol. The molecule has 1 aromatic heterocycles. The van der Waals surface area contributed by atoms with E-state index < -0.39 is 0 Å². The van der Waals surface area contributed by atoms with E-state index in [9.17, 15) is 0 Å². The van der Waals surface area contributed by atoms with E-state index in [0.29, 0.717) is 0 Å². The molecule has 0 spiro atoms. The molecule has 0 aliphatic heterocycles. The first-order valence-electron chi connectivity index (χ1n) is 19.4. The second-order valence-electron chi connectivity index (χ2n) is 14.6. The predicted octanol–water partition coefficient (Wildman–Crippen LogP) is 14.7. The SMILES string of the molecule is C(=C(\Cc1ccc(-c2ccc(-n3c4ccccc4c4c5ccccc5ccc43)cc2)cc1)c1ccc(-c2ccccc2)cc1)/c1ccc(-c2ccccc2)cc1. The van der Waals surface area contributed by atoms with Crippen LogP contribution in [0.25, 0.3) is 83.3 Å². The number of rotatable bonds is 8. The minimum Gasteiger partial charge on any atom is -0.309 e. The zero-order valence-corrected chi connectivity index (χ0v) is 31.0. The van der Waals surface area contributed by atoms with Gasteiger partial charge in [0.05, 0.1) is 11.0 Å². The molecule has 0 saturated heterocycles. The summed E-state index contributed by atoms with van der Waals surface area (Å²) in [5.41, 5.74) is 15.9. The van der Waals surface area contributed by atoms with Gasteiger partial charge in [-0.15, -0.1) is 0 Å². The summed E-state index contributed by atoms with van der Waals surface area (Å²) in [6.45, 7) is 0. The molecule has 0 aliphatic carbocycles. The third-order valence-corrected chi connectivity index (χ3v) is 11.1. The molecule has 0 amide bonds.